The molecule has 2 aliphatic heterocycles. The zero-order valence-corrected chi connectivity index (χ0v) is 22.5. The van der Waals surface area contributed by atoms with Crippen LogP contribution >= 0.6 is 0 Å². The van der Waals surface area contributed by atoms with Gasteiger partial charge in [-0.25, -0.2) is 8.78 Å². The third-order valence-corrected chi connectivity index (χ3v) is 7.10. The number of allylic oxidation sites excluding steroid dienone is 6. The van der Waals surface area contributed by atoms with Crippen molar-refractivity contribution in [1.29, 1.82) is 0 Å². The van der Waals surface area contributed by atoms with Crippen LogP contribution in [0.2, 0.25) is 0 Å². The fraction of sp³-hybridized carbons (Fsp3) is 0.517. The Kier molecular flexibility index (Phi) is 9.79. The summed E-state index contributed by atoms with van der Waals surface area (Å²) in [6.45, 7) is 9.15. The summed E-state index contributed by atoms with van der Waals surface area (Å²) in [5.41, 5.74) is 4.37. The molecular formula is C29H39F2N3O3. The maximum absolute atomic E-state index is 15.6. The predicted octanol–water partition coefficient (Wildman–Crippen LogP) is 6.18. The van der Waals surface area contributed by atoms with Crippen LogP contribution in [0.25, 0.3) is 5.57 Å². The van der Waals surface area contributed by atoms with Crippen LogP contribution in [0, 0.1) is 5.92 Å². The van der Waals surface area contributed by atoms with Gasteiger partial charge in [0.05, 0.1) is 19.5 Å². The van der Waals surface area contributed by atoms with Gasteiger partial charge in [0.15, 0.2) is 5.60 Å². The SMILES string of the molecule is C/C=C\C(=C/CC1=C(C)OC2(CCN(C/N=C(\NOC)C(C)C)CC2)C(F)(F)C1)c1ccc(C=O)cc1. The van der Waals surface area contributed by atoms with Crippen molar-refractivity contribution in [3.8, 4) is 0 Å². The summed E-state index contributed by atoms with van der Waals surface area (Å²) >= 11 is 0. The van der Waals surface area contributed by atoms with Crippen LogP contribution in [0.1, 0.15) is 69.3 Å². The predicted molar refractivity (Wildman–Crippen MR) is 143 cm³/mol. The molecule has 0 radical (unpaired) electrons. The summed E-state index contributed by atoms with van der Waals surface area (Å²) in [4.78, 5) is 22.6. The second-order valence-corrected chi connectivity index (χ2v) is 10.0. The number of carbonyl (C=O) groups excluding carboxylic acids is 1. The van der Waals surface area contributed by atoms with Gasteiger partial charge in [0, 0.05) is 43.8 Å². The van der Waals surface area contributed by atoms with Crippen molar-refractivity contribution in [2.75, 3.05) is 26.9 Å². The van der Waals surface area contributed by atoms with Gasteiger partial charge in [-0.05, 0) is 37.0 Å². The molecule has 0 amide bonds. The molecule has 1 spiro atoms. The van der Waals surface area contributed by atoms with Crippen molar-refractivity contribution >= 4 is 17.7 Å². The standard InChI is InChI=1S/C29H39F2N3O3/c1-6-7-24(25-10-8-23(19-35)9-11-25)12-13-26-18-29(30,31)28(37-22(26)4)14-16-34(17-15-28)20-32-27(21(2)3)33-36-5/h6-12,19,21H,13-18,20H2,1-5H3,(H,32,33)/b7-6-,24-12+. The van der Waals surface area contributed by atoms with Gasteiger partial charge >= 0.3 is 0 Å². The number of nitrogens with zero attached hydrogens (tertiary/aromatic N) is 2. The number of amidine groups is 1. The van der Waals surface area contributed by atoms with Crippen molar-refractivity contribution in [3.05, 3.63) is 65.0 Å². The maximum Gasteiger partial charge on any atom is 0.290 e. The van der Waals surface area contributed by atoms with Crippen LogP contribution in [0.5, 0.6) is 0 Å². The maximum atomic E-state index is 15.6. The quantitative estimate of drug-likeness (QED) is 0.140. The highest BCUT2D eigenvalue weighted by Gasteiger charge is 2.59. The Bertz CT molecular complexity index is 1050. The van der Waals surface area contributed by atoms with E-state index < -0.39 is 11.5 Å². The Morgan fingerprint density at radius 2 is 1.92 bits per heavy atom. The zero-order valence-electron chi connectivity index (χ0n) is 22.5. The average molecular weight is 516 g/mol. The van der Waals surface area contributed by atoms with Crippen LogP contribution < -0.4 is 5.48 Å². The summed E-state index contributed by atoms with van der Waals surface area (Å²) in [6.07, 6.45) is 7.17. The fourth-order valence-corrected chi connectivity index (χ4v) is 4.80. The van der Waals surface area contributed by atoms with Gasteiger partial charge in [-0.2, -0.15) is 0 Å². The van der Waals surface area contributed by atoms with Crippen LogP contribution in [0.3, 0.4) is 0 Å². The number of ether oxygens (including phenoxy) is 1. The van der Waals surface area contributed by atoms with E-state index in [9.17, 15) is 4.79 Å². The number of benzene rings is 1. The topological polar surface area (TPSA) is 63.2 Å². The van der Waals surface area contributed by atoms with Gasteiger partial charge in [-0.15, -0.1) is 0 Å². The lowest BCUT2D eigenvalue weighted by molar-refractivity contribution is -0.220. The van der Waals surface area contributed by atoms with E-state index in [2.05, 4.69) is 15.4 Å². The van der Waals surface area contributed by atoms with Crippen LogP contribution in [0.4, 0.5) is 8.78 Å². The van der Waals surface area contributed by atoms with Crippen LogP contribution in [-0.2, 0) is 9.57 Å². The van der Waals surface area contributed by atoms with Crippen LogP contribution in [-0.4, -0.2) is 55.4 Å². The molecule has 2 aliphatic rings. The molecule has 0 aromatic heterocycles. The average Bonchev–Trinajstić information content (AvgIpc) is 2.88. The van der Waals surface area contributed by atoms with E-state index in [0.29, 0.717) is 43.1 Å². The smallest absolute Gasteiger partial charge is 0.290 e. The highest BCUT2D eigenvalue weighted by molar-refractivity contribution is 5.83. The third-order valence-electron chi connectivity index (χ3n) is 7.10. The molecular weight excluding hydrogens is 476 g/mol. The van der Waals surface area contributed by atoms with Crippen molar-refractivity contribution in [1.82, 2.24) is 10.4 Å². The first kappa shape index (κ1) is 28.7. The fourth-order valence-electron chi connectivity index (χ4n) is 4.80. The molecule has 0 aliphatic carbocycles. The number of hydroxylamine groups is 1. The lowest BCUT2D eigenvalue weighted by Gasteiger charge is -2.48. The van der Waals surface area contributed by atoms with Gasteiger partial charge in [0.25, 0.3) is 5.92 Å². The van der Waals surface area contributed by atoms with Gasteiger partial charge in [-0.3, -0.25) is 25.0 Å². The first-order chi connectivity index (χ1) is 17.6. The minimum absolute atomic E-state index is 0.173. The minimum Gasteiger partial charge on any atom is -0.486 e. The Hall–Kier alpha value is -2.84. The molecule has 3 rings (SSSR count). The molecule has 6 nitrogen and oxygen atoms in total. The van der Waals surface area contributed by atoms with Gasteiger partial charge < -0.3 is 4.74 Å². The van der Waals surface area contributed by atoms with Gasteiger partial charge in [0.2, 0.25) is 0 Å². The molecule has 1 N–H and O–H groups in total. The molecule has 0 unspecified atom stereocenters. The number of nitrogens with one attached hydrogen (secondary N) is 1. The van der Waals surface area contributed by atoms with Crippen LogP contribution in [0.15, 0.2) is 58.8 Å². The Labute approximate surface area is 219 Å². The van der Waals surface area contributed by atoms with E-state index in [4.69, 9.17) is 9.57 Å². The van der Waals surface area contributed by atoms with E-state index in [1.54, 1.807) is 26.2 Å². The monoisotopic (exact) mass is 515 g/mol. The number of piperidine rings is 1. The number of hydrogen-bond acceptors (Lipinski definition) is 5. The lowest BCUT2D eigenvalue weighted by atomic mass is 9.79. The molecule has 37 heavy (non-hydrogen) atoms. The first-order valence-electron chi connectivity index (χ1n) is 12.8. The Morgan fingerprint density at radius 3 is 2.49 bits per heavy atom. The number of likely N-dealkylation sites (tertiary alicyclic amines) is 1. The second kappa shape index (κ2) is 12.6. The van der Waals surface area contributed by atoms with Crippen molar-refractivity contribution in [2.45, 2.75) is 64.9 Å². The number of alkyl halides is 2. The molecule has 202 valence electrons. The summed E-state index contributed by atoms with van der Waals surface area (Å²) in [5.74, 6) is -1.46. The number of aliphatic imine (C=N–C) groups is 1. The molecule has 0 bridgehead atoms. The number of rotatable bonds is 9. The summed E-state index contributed by atoms with van der Waals surface area (Å²) in [7, 11) is 1.54. The highest BCUT2D eigenvalue weighted by atomic mass is 19.3. The normalized spacial score (nSPS) is 20.5. The van der Waals surface area contributed by atoms with E-state index >= 15 is 8.78 Å². The summed E-state index contributed by atoms with van der Waals surface area (Å²) < 4.78 is 37.3. The van der Waals surface area contributed by atoms with Crippen molar-refractivity contribution < 1.29 is 23.1 Å². The number of aldehydes is 1. The van der Waals surface area contributed by atoms with E-state index in [1.807, 2.05) is 51.1 Å². The minimum atomic E-state index is -2.96. The number of hydrogen-bond donors (Lipinski definition) is 1. The van der Waals surface area contributed by atoms with Crippen molar-refractivity contribution in [3.63, 3.8) is 0 Å². The molecule has 1 fully saturated rings. The summed E-state index contributed by atoms with van der Waals surface area (Å²) in [5, 5.41) is 0. The lowest BCUT2D eigenvalue weighted by Crippen LogP contribution is -2.58. The molecule has 8 heteroatoms. The van der Waals surface area contributed by atoms with Gasteiger partial charge in [-0.1, -0.05) is 56.3 Å². The second-order valence-electron chi connectivity index (χ2n) is 10.0. The Morgan fingerprint density at radius 1 is 1.24 bits per heavy atom. The number of halogens is 2. The van der Waals surface area contributed by atoms with E-state index in [0.717, 1.165) is 23.3 Å². The third kappa shape index (κ3) is 6.93. The largest absolute Gasteiger partial charge is 0.486 e. The first-order valence-corrected chi connectivity index (χ1v) is 12.8. The van der Waals surface area contributed by atoms with E-state index in [-0.39, 0.29) is 25.2 Å². The number of carbonyl (C=O) groups is 1. The Balaban J connectivity index is 1.71. The van der Waals surface area contributed by atoms with Gasteiger partial charge in [0.1, 0.15) is 12.1 Å². The van der Waals surface area contributed by atoms with E-state index in [1.165, 1.54) is 0 Å². The zero-order chi connectivity index (χ0) is 27.1. The molecule has 0 atom stereocenters. The summed E-state index contributed by atoms with van der Waals surface area (Å²) in [6, 6.07) is 7.23. The molecule has 1 saturated heterocycles. The molecule has 0 saturated carbocycles. The molecule has 1 aromatic carbocycles. The molecule has 2 heterocycles. The highest BCUT2D eigenvalue weighted by Crippen LogP contribution is 2.49. The molecule has 1 aromatic rings. The van der Waals surface area contributed by atoms with Crippen molar-refractivity contribution in [2.24, 2.45) is 10.9 Å².